The van der Waals surface area contributed by atoms with Gasteiger partial charge in [0.15, 0.2) is 0 Å². The lowest BCUT2D eigenvalue weighted by Crippen LogP contribution is -2.35. The molecule has 1 saturated heterocycles. The monoisotopic (exact) mass is 247 g/mol. The molecule has 3 N–H and O–H groups in total. The number of aryl methyl sites for hydroxylation is 1. The van der Waals surface area contributed by atoms with Crippen LogP contribution in [0.3, 0.4) is 0 Å². The highest BCUT2D eigenvalue weighted by Gasteiger charge is 2.24. The molecule has 0 radical (unpaired) electrons. The van der Waals surface area contributed by atoms with Crippen molar-refractivity contribution in [1.29, 1.82) is 0 Å². The van der Waals surface area contributed by atoms with Crippen LogP contribution in [-0.4, -0.2) is 25.0 Å². The zero-order chi connectivity index (χ0) is 13.1. The maximum atomic E-state index is 11.1. The first kappa shape index (κ1) is 12.9. The third kappa shape index (κ3) is 2.82. The van der Waals surface area contributed by atoms with Gasteiger partial charge in [0.05, 0.1) is 0 Å². The van der Waals surface area contributed by atoms with Crippen LogP contribution in [0.25, 0.3) is 0 Å². The molecule has 0 saturated carbocycles. The SMILES string of the molecule is CC(=O)NC1CCN(c2cc(C)ccc2CN)C1. The molecule has 0 spiro atoms. The molecule has 1 heterocycles. The Balaban J connectivity index is 2.13. The molecule has 0 aromatic heterocycles. The van der Waals surface area contributed by atoms with E-state index in [0.717, 1.165) is 19.5 Å². The van der Waals surface area contributed by atoms with E-state index in [0.29, 0.717) is 6.54 Å². The van der Waals surface area contributed by atoms with Crippen molar-refractivity contribution in [3.8, 4) is 0 Å². The number of rotatable bonds is 3. The summed E-state index contributed by atoms with van der Waals surface area (Å²) in [6.45, 7) is 6.06. The van der Waals surface area contributed by atoms with E-state index in [4.69, 9.17) is 5.73 Å². The first-order valence-electron chi connectivity index (χ1n) is 6.42. The van der Waals surface area contributed by atoms with Gasteiger partial charge in [0.25, 0.3) is 0 Å². The highest BCUT2D eigenvalue weighted by molar-refractivity contribution is 5.73. The first-order valence-corrected chi connectivity index (χ1v) is 6.42. The molecular formula is C14H21N3O. The van der Waals surface area contributed by atoms with E-state index in [2.05, 4.69) is 35.3 Å². The summed E-state index contributed by atoms with van der Waals surface area (Å²) in [4.78, 5) is 13.4. The van der Waals surface area contributed by atoms with E-state index in [1.54, 1.807) is 6.92 Å². The predicted molar refractivity (Wildman–Crippen MR) is 73.5 cm³/mol. The fraction of sp³-hybridized carbons (Fsp3) is 0.500. The minimum atomic E-state index is 0.0464. The van der Waals surface area contributed by atoms with E-state index in [1.165, 1.54) is 16.8 Å². The molecule has 18 heavy (non-hydrogen) atoms. The number of anilines is 1. The maximum absolute atomic E-state index is 11.1. The first-order chi connectivity index (χ1) is 8.60. The van der Waals surface area contributed by atoms with Crippen LogP contribution in [0.4, 0.5) is 5.69 Å². The van der Waals surface area contributed by atoms with Crippen molar-refractivity contribution in [1.82, 2.24) is 5.32 Å². The van der Waals surface area contributed by atoms with Gasteiger partial charge >= 0.3 is 0 Å². The van der Waals surface area contributed by atoms with Crippen molar-refractivity contribution in [2.24, 2.45) is 5.73 Å². The number of carbonyl (C=O) groups is 1. The van der Waals surface area contributed by atoms with E-state index in [9.17, 15) is 4.79 Å². The van der Waals surface area contributed by atoms with Crippen LogP contribution in [0.15, 0.2) is 18.2 Å². The molecule has 4 nitrogen and oxygen atoms in total. The standard InChI is InChI=1S/C14H21N3O/c1-10-3-4-12(8-15)14(7-10)17-6-5-13(9-17)16-11(2)18/h3-4,7,13H,5-6,8-9,15H2,1-2H3,(H,16,18). The average molecular weight is 247 g/mol. The molecule has 2 rings (SSSR count). The molecule has 0 aliphatic carbocycles. The number of nitrogens with one attached hydrogen (secondary N) is 1. The molecule has 1 aliphatic heterocycles. The minimum Gasteiger partial charge on any atom is -0.369 e. The lowest BCUT2D eigenvalue weighted by molar-refractivity contribution is -0.119. The van der Waals surface area contributed by atoms with Crippen LogP contribution in [0, 0.1) is 6.92 Å². The Morgan fingerprint density at radius 1 is 1.56 bits per heavy atom. The maximum Gasteiger partial charge on any atom is 0.217 e. The normalized spacial score (nSPS) is 19.1. The summed E-state index contributed by atoms with van der Waals surface area (Å²) >= 11 is 0. The number of amides is 1. The van der Waals surface area contributed by atoms with Crippen molar-refractivity contribution in [3.05, 3.63) is 29.3 Å². The molecule has 1 atom stereocenters. The Bertz CT molecular complexity index is 445. The fourth-order valence-electron chi connectivity index (χ4n) is 2.53. The lowest BCUT2D eigenvalue weighted by Gasteiger charge is -2.22. The summed E-state index contributed by atoms with van der Waals surface area (Å²) < 4.78 is 0. The second-order valence-electron chi connectivity index (χ2n) is 4.97. The highest BCUT2D eigenvalue weighted by Crippen LogP contribution is 2.25. The van der Waals surface area contributed by atoms with Gasteiger partial charge in [-0.3, -0.25) is 4.79 Å². The van der Waals surface area contributed by atoms with E-state index >= 15 is 0 Å². The molecule has 1 fully saturated rings. The molecular weight excluding hydrogens is 226 g/mol. The summed E-state index contributed by atoms with van der Waals surface area (Å²) in [5.74, 6) is 0.0464. The second kappa shape index (κ2) is 5.40. The zero-order valence-corrected chi connectivity index (χ0v) is 11.1. The number of benzene rings is 1. The molecule has 1 aromatic rings. The quantitative estimate of drug-likeness (QED) is 0.843. The van der Waals surface area contributed by atoms with Crippen LogP contribution in [0.5, 0.6) is 0 Å². The van der Waals surface area contributed by atoms with Crippen molar-refractivity contribution >= 4 is 11.6 Å². The van der Waals surface area contributed by atoms with E-state index in [1.807, 2.05) is 0 Å². The van der Waals surface area contributed by atoms with Gasteiger partial charge in [-0.1, -0.05) is 12.1 Å². The van der Waals surface area contributed by atoms with Crippen LogP contribution in [0.2, 0.25) is 0 Å². The van der Waals surface area contributed by atoms with E-state index < -0.39 is 0 Å². The molecule has 98 valence electrons. The van der Waals surface area contributed by atoms with Gasteiger partial charge in [0, 0.05) is 38.3 Å². The van der Waals surface area contributed by atoms with Crippen LogP contribution in [0.1, 0.15) is 24.5 Å². The molecule has 1 aromatic carbocycles. The van der Waals surface area contributed by atoms with Gasteiger partial charge in [0.2, 0.25) is 5.91 Å². The van der Waals surface area contributed by atoms with Gasteiger partial charge in [-0.25, -0.2) is 0 Å². The Morgan fingerprint density at radius 2 is 2.33 bits per heavy atom. The van der Waals surface area contributed by atoms with Crippen molar-refractivity contribution in [2.45, 2.75) is 32.9 Å². The second-order valence-corrected chi connectivity index (χ2v) is 4.97. The summed E-state index contributed by atoms with van der Waals surface area (Å²) in [6, 6.07) is 6.62. The predicted octanol–water partition coefficient (Wildman–Crippen LogP) is 1.17. The number of hydrogen-bond acceptors (Lipinski definition) is 3. The molecule has 1 unspecified atom stereocenters. The van der Waals surface area contributed by atoms with Crippen molar-refractivity contribution < 1.29 is 4.79 Å². The number of nitrogens with two attached hydrogens (primary N) is 1. The van der Waals surface area contributed by atoms with E-state index in [-0.39, 0.29) is 11.9 Å². The Morgan fingerprint density at radius 3 is 3.00 bits per heavy atom. The summed E-state index contributed by atoms with van der Waals surface area (Å²) in [5.41, 5.74) is 9.41. The van der Waals surface area contributed by atoms with Crippen LogP contribution in [-0.2, 0) is 11.3 Å². The van der Waals surface area contributed by atoms with Crippen LogP contribution < -0.4 is 16.0 Å². The van der Waals surface area contributed by atoms with Gasteiger partial charge in [-0.2, -0.15) is 0 Å². The zero-order valence-electron chi connectivity index (χ0n) is 11.1. The lowest BCUT2D eigenvalue weighted by atomic mass is 10.1. The van der Waals surface area contributed by atoms with Gasteiger partial charge < -0.3 is 16.0 Å². The molecule has 0 bridgehead atoms. The van der Waals surface area contributed by atoms with Gasteiger partial charge in [0.1, 0.15) is 0 Å². The summed E-state index contributed by atoms with van der Waals surface area (Å²) in [7, 11) is 0. The summed E-state index contributed by atoms with van der Waals surface area (Å²) in [6.07, 6.45) is 0.998. The fourth-order valence-corrected chi connectivity index (χ4v) is 2.53. The van der Waals surface area contributed by atoms with Gasteiger partial charge in [-0.15, -0.1) is 0 Å². The molecule has 4 heteroatoms. The Kier molecular flexibility index (Phi) is 3.87. The Labute approximate surface area is 108 Å². The highest BCUT2D eigenvalue weighted by atomic mass is 16.1. The largest absolute Gasteiger partial charge is 0.369 e. The third-order valence-electron chi connectivity index (χ3n) is 3.40. The number of carbonyl (C=O) groups excluding carboxylic acids is 1. The Hall–Kier alpha value is -1.55. The summed E-state index contributed by atoms with van der Waals surface area (Å²) in [5, 5.41) is 2.98. The number of nitrogens with zero attached hydrogens (tertiary/aromatic N) is 1. The third-order valence-corrected chi connectivity index (χ3v) is 3.40. The van der Waals surface area contributed by atoms with Crippen molar-refractivity contribution in [3.63, 3.8) is 0 Å². The molecule has 1 amide bonds. The topological polar surface area (TPSA) is 58.4 Å². The molecule has 1 aliphatic rings. The minimum absolute atomic E-state index is 0.0464. The number of hydrogen-bond donors (Lipinski definition) is 2. The average Bonchev–Trinajstić information content (AvgIpc) is 2.76. The van der Waals surface area contributed by atoms with Gasteiger partial charge in [-0.05, 0) is 30.5 Å². The van der Waals surface area contributed by atoms with Crippen LogP contribution >= 0.6 is 0 Å². The smallest absolute Gasteiger partial charge is 0.217 e. The van der Waals surface area contributed by atoms with Crippen molar-refractivity contribution in [2.75, 3.05) is 18.0 Å².